The first-order valence-corrected chi connectivity index (χ1v) is 5.21. The minimum atomic E-state index is -0.360. The Balaban J connectivity index is 2.69. The van der Waals surface area contributed by atoms with E-state index in [9.17, 15) is 0 Å². The van der Waals surface area contributed by atoms with Gasteiger partial charge in [0.25, 0.3) is 0 Å². The molecule has 0 radical (unpaired) electrons. The van der Waals surface area contributed by atoms with Crippen molar-refractivity contribution in [2.24, 2.45) is 5.73 Å². The van der Waals surface area contributed by atoms with Crippen molar-refractivity contribution >= 4 is 11.8 Å². The average Bonchev–Trinajstić information content (AvgIpc) is 2.18. The molecule has 1 heterocycles. The first-order chi connectivity index (χ1) is 6.27. The number of pyridine rings is 1. The molecule has 3 N–H and O–H groups in total. The van der Waals surface area contributed by atoms with Gasteiger partial charge in [-0.1, -0.05) is 6.92 Å². The zero-order chi connectivity index (χ0) is 9.68. The highest BCUT2D eigenvalue weighted by molar-refractivity contribution is 7.99. The summed E-state index contributed by atoms with van der Waals surface area (Å²) in [5.41, 5.74) is 6.34. The van der Waals surface area contributed by atoms with Gasteiger partial charge in [-0.25, -0.2) is 0 Å². The van der Waals surface area contributed by atoms with E-state index in [1.807, 2.05) is 12.1 Å². The third kappa shape index (κ3) is 2.99. The lowest BCUT2D eigenvalue weighted by molar-refractivity contribution is 0.266. The van der Waals surface area contributed by atoms with Crippen LogP contribution in [-0.4, -0.2) is 22.5 Å². The molecule has 0 bridgehead atoms. The van der Waals surface area contributed by atoms with Crippen molar-refractivity contribution < 1.29 is 5.11 Å². The Labute approximate surface area is 82.4 Å². The van der Waals surface area contributed by atoms with E-state index in [1.54, 1.807) is 18.0 Å². The highest BCUT2D eigenvalue weighted by Gasteiger charge is 2.04. The van der Waals surface area contributed by atoms with Crippen LogP contribution in [0.3, 0.4) is 0 Å². The maximum absolute atomic E-state index is 8.79. The van der Waals surface area contributed by atoms with Crippen LogP contribution in [0.1, 0.15) is 18.7 Å². The van der Waals surface area contributed by atoms with Gasteiger partial charge in [-0.3, -0.25) is 4.98 Å². The van der Waals surface area contributed by atoms with Crippen molar-refractivity contribution in [3.05, 3.63) is 24.0 Å². The summed E-state index contributed by atoms with van der Waals surface area (Å²) >= 11 is 1.74. The van der Waals surface area contributed by atoms with Crippen LogP contribution < -0.4 is 5.73 Å². The van der Waals surface area contributed by atoms with Crippen molar-refractivity contribution in [3.63, 3.8) is 0 Å². The second-order valence-electron chi connectivity index (χ2n) is 2.64. The standard InChI is InChI=1S/C9H14N2OS/c1-2-13-7-3-4-9(11-5-7)8(10)6-12/h3-5,8,12H,2,6,10H2,1H3. The molecule has 0 saturated carbocycles. The third-order valence-corrected chi connectivity index (χ3v) is 2.51. The van der Waals surface area contributed by atoms with Crippen molar-refractivity contribution in [2.45, 2.75) is 17.9 Å². The zero-order valence-electron chi connectivity index (χ0n) is 7.60. The Hall–Kier alpha value is -0.580. The molecule has 3 nitrogen and oxygen atoms in total. The van der Waals surface area contributed by atoms with E-state index < -0.39 is 0 Å². The molecule has 4 heteroatoms. The average molecular weight is 198 g/mol. The van der Waals surface area contributed by atoms with Crippen LogP contribution in [0.15, 0.2) is 23.2 Å². The first-order valence-electron chi connectivity index (χ1n) is 4.23. The van der Waals surface area contributed by atoms with Crippen LogP contribution in [0.5, 0.6) is 0 Å². The van der Waals surface area contributed by atoms with Crippen LogP contribution in [0.25, 0.3) is 0 Å². The first kappa shape index (κ1) is 10.5. The number of hydrogen-bond donors (Lipinski definition) is 2. The van der Waals surface area contributed by atoms with E-state index in [2.05, 4.69) is 11.9 Å². The molecule has 0 spiro atoms. The summed E-state index contributed by atoms with van der Waals surface area (Å²) in [4.78, 5) is 5.30. The molecule has 1 aromatic rings. The Morgan fingerprint density at radius 2 is 2.38 bits per heavy atom. The van der Waals surface area contributed by atoms with Crippen molar-refractivity contribution in [1.82, 2.24) is 4.98 Å². The summed E-state index contributed by atoms with van der Waals surface area (Å²) in [7, 11) is 0. The minimum Gasteiger partial charge on any atom is -0.394 e. The van der Waals surface area contributed by atoms with Gasteiger partial charge in [-0.2, -0.15) is 0 Å². The molecule has 0 fully saturated rings. The van der Waals surface area contributed by atoms with Crippen molar-refractivity contribution in [3.8, 4) is 0 Å². The van der Waals surface area contributed by atoms with Gasteiger partial charge in [-0.05, 0) is 17.9 Å². The summed E-state index contributed by atoms with van der Waals surface area (Å²) < 4.78 is 0. The molecule has 1 atom stereocenters. The Kier molecular flexibility index (Phi) is 4.21. The topological polar surface area (TPSA) is 59.1 Å². The Morgan fingerprint density at radius 3 is 2.85 bits per heavy atom. The van der Waals surface area contributed by atoms with Gasteiger partial charge < -0.3 is 10.8 Å². The fourth-order valence-electron chi connectivity index (χ4n) is 0.957. The quantitative estimate of drug-likeness (QED) is 0.713. The molecule has 1 unspecified atom stereocenters. The smallest absolute Gasteiger partial charge is 0.0704 e. The third-order valence-electron chi connectivity index (χ3n) is 1.65. The molecule has 0 aliphatic rings. The van der Waals surface area contributed by atoms with Gasteiger partial charge in [0.05, 0.1) is 18.3 Å². The number of nitrogens with zero attached hydrogens (tertiary/aromatic N) is 1. The SMILES string of the molecule is CCSc1ccc(C(N)CO)nc1. The molecule has 0 saturated heterocycles. The van der Waals surface area contributed by atoms with Gasteiger partial charge >= 0.3 is 0 Å². The van der Waals surface area contributed by atoms with E-state index in [-0.39, 0.29) is 12.6 Å². The number of aromatic nitrogens is 1. The number of aliphatic hydroxyl groups is 1. The second-order valence-corrected chi connectivity index (χ2v) is 3.98. The lowest BCUT2D eigenvalue weighted by atomic mass is 10.2. The number of nitrogens with two attached hydrogens (primary N) is 1. The lowest BCUT2D eigenvalue weighted by Gasteiger charge is -2.07. The van der Waals surface area contributed by atoms with Crippen LogP contribution in [0, 0.1) is 0 Å². The highest BCUT2D eigenvalue weighted by atomic mass is 32.2. The van der Waals surface area contributed by atoms with E-state index in [0.29, 0.717) is 0 Å². The van der Waals surface area contributed by atoms with Crippen LogP contribution in [0.4, 0.5) is 0 Å². The molecule has 0 aromatic carbocycles. The van der Waals surface area contributed by atoms with Gasteiger partial charge in [0, 0.05) is 11.1 Å². The normalized spacial score (nSPS) is 12.8. The molecule has 13 heavy (non-hydrogen) atoms. The van der Waals surface area contributed by atoms with E-state index in [0.717, 1.165) is 16.3 Å². The van der Waals surface area contributed by atoms with Crippen LogP contribution in [0.2, 0.25) is 0 Å². The molecule has 1 aromatic heterocycles. The van der Waals surface area contributed by atoms with E-state index >= 15 is 0 Å². The number of hydrogen-bond acceptors (Lipinski definition) is 4. The van der Waals surface area contributed by atoms with Crippen LogP contribution >= 0.6 is 11.8 Å². The highest BCUT2D eigenvalue weighted by Crippen LogP contribution is 2.17. The van der Waals surface area contributed by atoms with Gasteiger partial charge in [-0.15, -0.1) is 11.8 Å². The summed E-state index contributed by atoms with van der Waals surface area (Å²) in [5.74, 6) is 1.03. The largest absolute Gasteiger partial charge is 0.394 e. The molecule has 72 valence electrons. The molecule has 0 amide bonds. The summed E-state index contributed by atoms with van der Waals surface area (Å²) in [6.07, 6.45) is 1.79. The predicted octanol–water partition coefficient (Wildman–Crippen LogP) is 1.19. The predicted molar refractivity (Wildman–Crippen MR) is 54.6 cm³/mol. The summed E-state index contributed by atoms with van der Waals surface area (Å²) in [5, 5.41) is 8.79. The Bertz CT molecular complexity index is 250. The summed E-state index contributed by atoms with van der Waals surface area (Å²) in [6, 6.07) is 3.48. The molecular formula is C9H14N2OS. The van der Waals surface area contributed by atoms with Gasteiger partial charge in [0.2, 0.25) is 0 Å². The van der Waals surface area contributed by atoms with Crippen molar-refractivity contribution in [1.29, 1.82) is 0 Å². The molecule has 1 rings (SSSR count). The van der Waals surface area contributed by atoms with Crippen molar-refractivity contribution in [2.75, 3.05) is 12.4 Å². The number of rotatable bonds is 4. The minimum absolute atomic E-state index is 0.0622. The van der Waals surface area contributed by atoms with Gasteiger partial charge in [0.15, 0.2) is 0 Å². The maximum Gasteiger partial charge on any atom is 0.0704 e. The number of aliphatic hydroxyl groups excluding tert-OH is 1. The van der Waals surface area contributed by atoms with Gasteiger partial charge in [0.1, 0.15) is 0 Å². The number of thioether (sulfide) groups is 1. The monoisotopic (exact) mass is 198 g/mol. The fraction of sp³-hybridized carbons (Fsp3) is 0.444. The van der Waals surface area contributed by atoms with Crippen LogP contribution in [-0.2, 0) is 0 Å². The Morgan fingerprint density at radius 1 is 1.62 bits per heavy atom. The second kappa shape index (κ2) is 5.21. The lowest BCUT2D eigenvalue weighted by Crippen LogP contribution is -2.15. The zero-order valence-corrected chi connectivity index (χ0v) is 8.42. The summed E-state index contributed by atoms with van der Waals surface area (Å²) in [6.45, 7) is 2.03. The fourth-order valence-corrected chi connectivity index (χ4v) is 1.58. The molecule has 0 aliphatic carbocycles. The molecular weight excluding hydrogens is 184 g/mol. The molecule has 0 aliphatic heterocycles. The van der Waals surface area contributed by atoms with E-state index in [4.69, 9.17) is 10.8 Å². The van der Waals surface area contributed by atoms with E-state index in [1.165, 1.54) is 0 Å². The maximum atomic E-state index is 8.79.